The molecule has 0 amide bonds. The van der Waals surface area contributed by atoms with Gasteiger partial charge in [-0.05, 0) is 24.0 Å². The van der Waals surface area contributed by atoms with Crippen molar-refractivity contribution in [3.8, 4) is 0 Å². The number of rotatable bonds is 5. The zero-order valence-corrected chi connectivity index (χ0v) is 9.83. The Morgan fingerprint density at radius 2 is 2.11 bits per heavy atom. The minimum Gasteiger partial charge on any atom is -0.466 e. The first kappa shape index (κ1) is 13.6. The minimum absolute atomic E-state index is 0.177. The van der Waals surface area contributed by atoms with E-state index in [0.29, 0.717) is 5.69 Å². The number of anilines is 1. The molecule has 0 aromatic heterocycles. The van der Waals surface area contributed by atoms with E-state index in [1.54, 1.807) is 31.2 Å². The standard InChI is InChI=1S/C11H13N3O4/c1-2-18-11(15)8-10(14(16)17)13-12-9-6-4-3-5-7-9/h3-7,12H,2,8H2,1H3. The lowest BCUT2D eigenvalue weighted by Crippen LogP contribution is -2.19. The largest absolute Gasteiger partial charge is 0.466 e. The summed E-state index contributed by atoms with van der Waals surface area (Å²) in [6.07, 6.45) is -0.472. The van der Waals surface area contributed by atoms with Crippen LogP contribution in [0.15, 0.2) is 35.4 Å². The molecule has 0 aliphatic carbocycles. The van der Waals surface area contributed by atoms with Crippen LogP contribution in [0.2, 0.25) is 0 Å². The Morgan fingerprint density at radius 3 is 2.67 bits per heavy atom. The Kier molecular flexibility index (Phi) is 5.30. The molecule has 0 aliphatic rings. The predicted molar refractivity (Wildman–Crippen MR) is 65.7 cm³/mol. The van der Waals surface area contributed by atoms with Crippen LogP contribution in [-0.2, 0) is 9.53 Å². The van der Waals surface area contributed by atoms with E-state index in [1.807, 2.05) is 6.07 Å². The van der Waals surface area contributed by atoms with Gasteiger partial charge in [0, 0.05) is 0 Å². The fourth-order valence-corrected chi connectivity index (χ4v) is 1.13. The van der Waals surface area contributed by atoms with Crippen molar-refractivity contribution in [1.29, 1.82) is 0 Å². The van der Waals surface area contributed by atoms with Gasteiger partial charge in [0.05, 0.1) is 17.4 Å². The molecule has 1 rings (SSSR count). The number of nitrogens with one attached hydrogen (secondary N) is 1. The van der Waals surface area contributed by atoms with Crippen molar-refractivity contribution in [3.05, 3.63) is 40.4 Å². The van der Waals surface area contributed by atoms with Crippen LogP contribution in [0.4, 0.5) is 5.69 Å². The summed E-state index contributed by atoms with van der Waals surface area (Å²) in [5.41, 5.74) is 3.11. The lowest BCUT2D eigenvalue weighted by atomic mass is 10.3. The van der Waals surface area contributed by atoms with Crippen molar-refractivity contribution in [2.45, 2.75) is 13.3 Å². The van der Waals surface area contributed by atoms with Gasteiger partial charge in [0.25, 0.3) is 0 Å². The molecule has 0 fully saturated rings. The summed E-state index contributed by atoms with van der Waals surface area (Å²) >= 11 is 0. The molecule has 0 saturated heterocycles. The third-order valence-electron chi connectivity index (χ3n) is 1.91. The summed E-state index contributed by atoms with van der Waals surface area (Å²) in [7, 11) is 0. The van der Waals surface area contributed by atoms with Gasteiger partial charge in [-0.25, -0.2) is 0 Å². The molecule has 0 heterocycles. The van der Waals surface area contributed by atoms with Gasteiger partial charge >= 0.3 is 11.8 Å². The number of carbonyl (C=O) groups excluding carboxylic acids is 1. The van der Waals surface area contributed by atoms with Gasteiger partial charge in [0.15, 0.2) is 6.42 Å². The highest BCUT2D eigenvalue weighted by molar-refractivity contribution is 5.93. The maximum absolute atomic E-state index is 11.1. The van der Waals surface area contributed by atoms with Crippen LogP contribution in [0.1, 0.15) is 13.3 Å². The van der Waals surface area contributed by atoms with Crippen LogP contribution in [-0.4, -0.2) is 23.3 Å². The molecule has 18 heavy (non-hydrogen) atoms. The molecular formula is C11H13N3O4. The van der Waals surface area contributed by atoms with Crippen molar-refractivity contribution in [1.82, 2.24) is 0 Å². The van der Waals surface area contributed by atoms with E-state index in [9.17, 15) is 14.9 Å². The van der Waals surface area contributed by atoms with Crippen molar-refractivity contribution in [2.75, 3.05) is 12.0 Å². The van der Waals surface area contributed by atoms with Gasteiger partial charge in [-0.3, -0.25) is 4.79 Å². The van der Waals surface area contributed by atoms with Crippen LogP contribution in [0, 0.1) is 10.1 Å². The Balaban J connectivity index is 2.67. The number of nitrogens with zero attached hydrogens (tertiary/aromatic N) is 2. The fourth-order valence-electron chi connectivity index (χ4n) is 1.13. The Labute approximate surface area is 104 Å². The molecule has 0 spiro atoms. The lowest BCUT2D eigenvalue weighted by Gasteiger charge is -2.00. The van der Waals surface area contributed by atoms with E-state index < -0.39 is 23.1 Å². The summed E-state index contributed by atoms with van der Waals surface area (Å²) in [4.78, 5) is 21.1. The first-order valence-corrected chi connectivity index (χ1v) is 5.31. The van der Waals surface area contributed by atoms with Gasteiger partial charge in [-0.2, -0.15) is 5.43 Å². The third kappa shape index (κ3) is 4.60. The number of para-hydroxylation sites is 1. The average molecular weight is 251 g/mol. The van der Waals surface area contributed by atoms with Crippen LogP contribution in [0.5, 0.6) is 0 Å². The number of ether oxygens (including phenoxy) is 1. The number of amidine groups is 1. The van der Waals surface area contributed by atoms with Gasteiger partial charge in [-0.15, -0.1) is 0 Å². The SMILES string of the molecule is CCOC(=O)CC(=NNc1ccccc1)[N+](=O)[O-]. The fraction of sp³-hybridized carbons (Fsp3) is 0.273. The van der Waals surface area contributed by atoms with E-state index in [0.717, 1.165) is 0 Å². The quantitative estimate of drug-likeness (QED) is 0.282. The molecule has 0 saturated carbocycles. The zero-order chi connectivity index (χ0) is 13.4. The van der Waals surface area contributed by atoms with Gasteiger partial charge in [0.2, 0.25) is 0 Å². The minimum atomic E-state index is -0.715. The normalized spacial score (nSPS) is 10.8. The molecule has 0 bridgehead atoms. The van der Waals surface area contributed by atoms with E-state index in [2.05, 4.69) is 15.3 Å². The van der Waals surface area contributed by atoms with E-state index in [-0.39, 0.29) is 6.61 Å². The molecule has 1 aromatic rings. The van der Waals surface area contributed by atoms with Crippen molar-refractivity contribution >= 4 is 17.5 Å². The second-order valence-electron chi connectivity index (χ2n) is 3.24. The predicted octanol–water partition coefficient (Wildman–Crippen LogP) is 1.64. The number of benzene rings is 1. The molecule has 1 N–H and O–H groups in total. The third-order valence-corrected chi connectivity index (χ3v) is 1.91. The summed E-state index contributed by atoms with van der Waals surface area (Å²) in [5, 5.41) is 14.3. The number of nitro groups is 1. The lowest BCUT2D eigenvalue weighted by molar-refractivity contribution is -0.352. The number of esters is 1. The highest BCUT2D eigenvalue weighted by atomic mass is 16.6. The number of carbonyl (C=O) groups is 1. The molecule has 96 valence electrons. The molecule has 0 aliphatic heterocycles. The maximum atomic E-state index is 11.1. The van der Waals surface area contributed by atoms with Crippen molar-refractivity contribution in [2.24, 2.45) is 5.10 Å². The number of hydrogen-bond acceptors (Lipinski definition) is 6. The second kappa shape index (κ2) is 7.00. The van der Waals surface area contributed by atoms with E-state index in [4.69, 9.17) is 0 Å². The summed E-state index contributed by atoms with van der Waals surface area (Å²) in [6, 6.07) is 8.73. The van der Waals surface area contributed by atoms with Crippen molar-refractivity contribution in [3.63, 3.8) is 0 Å². The zero-order valence-electron chi connectivity index (χ0n) is 9.83. The Bertz CT molecular complexity index is 445. The molecule has 0 atom stereocenters. The molecule has 1 aromatic carbocycles. The van der Waals surface area contributed by atoms with Crippen LogP contribution < -0.4 is 5.43 Å². The van der Waals surface area contributed by atoms with Gasteiger partial charge in [0.1, 0.15) is 0 Å². The first-order valence-electron chi connectivity index (χ1n) is 5.31. The Hall–Kier alpha value is -2.44. The van der Waals surface area contributed by atoms with Crippen LogP contribution in [0.25, 0.3) is 0 Å². The molecule has 0 unspecified atom stereocenters. The van der Waals surface area contributed by atoms with E-state index in [1.165, 1.54) is 0 Å². The average Bonchev–Trinajstić information content (AvgIpc) is 2.35. The van der Waals surface area contributed by atoms with Crippen LogP contribution in [0.3, 0.4) is 0 Å². The van der Waals surface area contributed by atoms with Crippen molar-refractivity contribution < 1.29 is 14.5 Å². The summed E-state index contributed by atoms with van der Waals surface area (Å²) in [6.45, 7) is 1.80. The smallest absolute Gasteiger partial charge is 0.375 e. The molecule has 7 nitrogen and oxygen atoms in total. The van der Waals surface area contributed by atoms with Gasteiger partial charge in [-0.1, -0.05) is 18.2 Å². The summed E-state index contributed by atoms with van der Waals surface area (Å²) in [5.74, 6) is -1.17. The number of hydrazone groups is 1. The molecule has 0 radical (unpaired) electrons. The topological polar surface area (TPSA) is 93.8 Å². The highest BCUT2D eigenvalue weighted by Crippen LogP contribution is 2.05. The highest BCUT2D eigenvalue weighted by Gasteiger charge is 2.19. The summed E-state index contributed by atoms with van der Waals surface area (Å²) < 4.78 is 4.62. The molecule has 7 heteroatoms. The monoisotopic (exact) mass is 251 g/mol. The van der Waals surface area contributed by atoms with Crippen LogP contribution >= 0.6 is 0 Å². The van der Waals surface area contributed by atoms with Gasteiger partial charge < -0.3 is 14.9 Å². The Morgan fingerprint density at radius 1 is 1.44 bits per heavy atom. The van der Waals surface area contributed by atoms with E-state index >= 15 is 0 Å². The maximum Gasteiger partial charge on any atom is 0.375 e. The first-order chi connectivity index (χ1) is 8.63. The number of hydrogen-bond donors (Lipinski definition) is 1. The second-order valence-corrected chi connectivity index (χ2v) is 3.24. The molecular weight excluding hydrogens is 238 g/mol.